The number of carbonyl (C=O) groups is 5. The van der Waals surface area contributed by atoms with Gasteiger partial charge in [-0.15, -0.1) is 0 Å². The fourth-order valence-electron chi connectivity index (χ4n) is 10.6. The van der Waals surface area contributed by atoms with Crippen molar-refractivity contribution in [3.63, 3.8) is 0 Å². The van der Waals surface area contributed by atoms with E-state index in [2.05, 4.69) is 0 Å². The molecule has 16 atom stereocenters. The molecule has 3 heterocycles. The van der Waals surface area contributed by atoms with Crippen molar-refractivity contribution in [3.05, 3.63) is 47.6 Å². The van der Waals surface area contributed by atoms with Gasteiger partial charge in [0.2, 0.25) is 5.79 Å². The van der Waals surface area contributed by atoms with Crippen molar-refractivity contribution in [2.75, 3.05) is 48.1 Å². The van der Waals surface area contributed by atoms with E-state index in [0.29, 0.717) is 56.9 Å². The number of fused-ring (bicyclic) bond motifs is 3. The third-order valence-electron chi connectivity index (χ3n) is 15.4. The van der Waals surface area contributed by atoms with Gasteiger partial charge in [0.1, 0.15) is 31.0 Å². The number of piperidine rings is 1. The number of carbonyl (C=O) groups excluding carboxylic acids is 5. The number of amides is 2. The Morgan fingerprint density at radius 2 is 1.58 bits per heavy atom. The van der Waals surface area contributed by atoms with Gasteiger partial charge in [0, 0.05) is 65.5 Å². The number of aliphatic hydroxyl groups excluding tert-OH is 3. The van der Waals surface area contributed by atoms with Crippen LogP contribution in [0.15, 0.2) is 47.6 Å². The predicted molar refractivity (Wildman–Crippen MR) is 270 cm³/mol. The lowest BCUT2D eigenvalue weighted by Gasteiger charge is -2.43. The molecule has 0 radical (unpaired) electrons. The van der Waals surface area contributed by atoms with Crippen molar-refractivity contribution >= 4 is 29.5 Å². The maximum absolute atomic E-state index is 14.5. The monoisotopic (exact) mass is 1020 g/mol. The Labute approximate surface area is 428 Å². The summed E-state index contributed by atoms with van der Waals surface area (Å²) in [5, 5.41) is 46.0. The van der Waals surface area contributed by atoms with Crippen LogP contribution in [0.2, 0.25) is 0 Å². The quantitative estimate of drug-likeness (QED) is 0.0894. The van der Waals surface area contributed by atoms with Gasteiger partial charge in [-0.3, -0.25) is 14.4 Å². The third-order valence-corrected chi connectivity index (χ3v) is 15.4. The van der Waals surface area contributed by atoms with Gasteiger partial charge >= 0.3 is 12.1 Å². The maximum Gasteiger partial charge on any atom is 0.409 e. The predicted octanol–water partition coefficient (Wildman–Crippen LogP) is 6.04. The molecule has 72 heavy (non-hydrogen) atoms. The largest absolute Gasteiger partial charge is 0.460 e. The number of ether oxygens (including phenoxy) is 6. The summed E-state index contributed by atoms with van der Waals surface area (Å²) >= 11 is 0. The SMILES string of the molecule is CO[C@@H]1C[C@H](C[C@@H](C)[C@@H]2CC(O)[C@H](C)/C=C(\C)[C@@H](O)[C@@H](OC)C(=O)[C@H](C)C[C@H](C)/C=C/C=C/C=C(\C)[C@@H](OCCOC(=O)N(C)C)C[C@@H]3CC[C@@H](C)[C@@](O)(O3)C(=O)C(=O)N3CCCC[C@H]3C(=O)O2)CC[C@H]1O. The second kappa shape index (κ2) is 28.7. The van der Waals surface area contributed by atoms with Gasteiger partial charge in [-0.05, 0) is 107 Å². The first kappa shape index (κ1) is 60.7. The Morgan fingerprint density at radius 3 is 2.26 bits per heavy atom. The van der Waals surface area contributed by atoms with E-state index in [-0.39, 0.29) is 68.7 Å². The number of allylic oxidation sites excluding steroid dienone is 5. The average Bonchev–Trinajstić information content (AvgIpc) is 3.35. The van der Waals surface area contributed by atoms with Crippen LogP contribution in [0.25, 0.3) is 0 Å². The first-order chi connectivity index (χ1) is 34.0. The molecular formula is C55H88N2O15. The molecule has 0 aromatic carbocycles. The number of esters is 1. The maximum atomic E-state index is 14.5. The fourth-order valence-corrected chi connectivity index (χ4v) is 10.6. The van der Waals surface area contributed by atoms with Crippen molar-refractivity contribution in [1.82, 2.24) is 9.80 Å². The molecule has 4 N–H and O–H groups in total. The molecule has 3 aliphatic heterocycles. The molecule has 4 rings (SSSR count). The van der Waals surface area contributed by atoms with Crippen LogP contribution in [0.3, 0.4) is 0 Å². The van der Waals surface area contributed by atoms with Gasteiger partial charge < -0.3 is 58.6 Å². The summed E-state index contributed by atoms with van der Waals surface area (Å²) in [4.78, 5) is 71.8. The summed E-state index contributed by atoms with van der Waals surface area (Å²) < 4.78 is 35.3. The molecular weight excluding hydrogens is 929 g/mol. The molecule has 1 saturated carbocycles. The number of Topliss-reactive ketones (excluding diaryl/α,β-unsaturated/α-hetero) is 2. The number of aliphatic hydroxyl groups is 4. The van der Waals surface area contributed by atoms with Crippen LogP contribution in [-0.4, -0.2) is 168 Å². The van der Waals surface area contributed by atoms with E-state index in [1.54, 1.807) is 48.1 Å². The molecule has 408 valence electrons. The summed E-state index contributed by atoms with van der Waals surface area (Å²) in [7, 11) is 6.10. The van der Waals surface area contributed by atoms with E-state index in [0.717, 1.165) is 12.0 Å². The van der Waals surface area contributed by atoms with Crippen molar-refractivity contribution in [2.24, 2.45) is 35.5 Å². The summed E-state index contributed by atoms with van der Waals surface area (Å²) in [6, 6.07) is -1.15. The lowest BCUT2D eigenvalue weighted by Crippen LogP contribution is -2.61. The minimum absolute atomic E-state index is 0.00599. The van der Waals surface area contributed by atoms with E-state index < -0.39 is 96.1 Å². The van der Waals surface area contributed by atoms with Crippen molar-refractivity contribution in [1.29, 1.82) is 0 Å². The first-order valence-corrected chi connectivity index (χ1v) is 26.3. The first-order valence-electron chi connectivity index (χ1n) is 26.3. The zero-order valence-electron chi connectivity index (χ0n) is 44.9. The standard InChI is InChI=1S/C55H88N2O15/c1-33-17-13-12-14-18-34(2)45(69-25-26-70-54(65)56(8)9)31-41-22-20-39(7)55(66,72-41)51(62)52(63)57-24-16-15-19-42(57)53(64)71-46(36(4)29-40-21-23-43(58)47(30-40)67-10)32-44(59)35(3)28-38(6)49(61)50(68-11)48(60)37(5)27-33/h12-14,17-18,28,33,35-37,39-47,49-50,58-59,61,66H,15-16,19-27,29-32H2,1-11H3/b14-12+,17-13+,34-18+,38-28+/t33-,35-,36-,37-,39-,40+,41+,42+,43-,44?,45+,46+,47-,49-,50+,55-/m1/s1. The van der Waals surface area contributed by atoms with Gasteiger partial charge in [0.25, 0.3) is 11.7 Å². The smallest absolute Gasteiger partial charge is 0.409 e. The van der Waals surface area contributed by atoms with Crippen LogP contribution in [0.4, 0.5) is 4.79 Å². The van der Waals surface area contributed by atoms with Crippen LogP contribution < -0.4 is 0 Å². The third kappa shape index (κ3) is 16.9. The van der Waals surface area contributed by atoms with Gasteiger partial charge in [-0.25, -0.2) is 9.59 Å². The second-order valence-corrected chi connectivity index (χ2v) is 21.4. The molecule has 0 spiro atoms. The van der Waals surface area contributed by atoms with Gasteiger partial charge in [-0.2, -0.15) is 0 Å². The number of nitrogens with zero attached hydrogens (tertiary/aromatic N) is 2. The number of methoxy groups -OCH3 is 2. The van der Waals surface area contributed by atoms with Crippen molar-refractivity contribution < 1.29 is 72.8 Å². The van der Waals surface area contributed by atoms with E-state index in [1.807, 2.05) is 58.1 Å². The van der Waals surface area contributed by atoms with Crippen LogP contribution in [0.1, 0.15) is 126 Å². The highest BCUT2D eigenvalue weighted by atomic mass is 16.6. The summed E-state index contributed by atoms with van der Waals surface area (Å²) in [6.07, 6.45) is 9.12. The molecule has 1 unspecified atom stereocenters. The minimum Gasteiger partial charge on any atom is -0.460 e. The number of rotatable bonds is 9. The molecule has 2 amide bonds. The Bertz CT molecular complexity index is 1920. The molecule has 17 nitrogen and oxygen atoms in total. The molecule has 2 saturated heterocycles. The summed E-state index contributed by atoms with van der Waals surface area (Å²) in [6.45, 7) is 12.8. The Kier molecular flexibility index (Phi) is 24.3. The molecule has 0 aromatic heterocycles. The van der Waals surface area contributed by atoms with Crippen molar-refractivity contribution in [3.8, 4) is 0 Å². The van der Waals surface area contributed by atoms with Crippen LogP contribution in [-0.2, 0) is 47.6 Å². The van der Waals surface area contributed by atoms with Crippen LogP contribution >= 0.6 is 0 Å². The second-order valence-electron chi connectivity index (χ2n) is 21.4. The lowest BCUT2D eigenvalue weighted by atomic mass is 9.78. The highest BCUT2D eigenvalue weighted by Crippen LogP contribution is 2.38. The zero-order valence-corrected chi connectivity index (χ0v) is 44.9. The van der Waals surface area contributed by atoms with Crippen molar-refractivity contribution in [2.45, 2.75) is 186 Å². The Morgan fingerprint density at radius 1 is 0.861 bits per heavy atom. The summed E-state index contributed by atoms with van der Waals surface area (Å²) in [5.41, 5.74) is 1.20. The van der Waals surface area contributed by atoms with E-state index in [4.69, 9.17) is 28.4 Å². The Balaban J connectivity index is 1.72. The highest BCUT2D eigenvalue weighted by molar-refractivity contribution is 6.39. The number of hydrogen-bond donors (Lipinski definition) is 4. The van der Waals surface area contributed by atoms with Crippen LogP contribution in [0.5, 0.6) is 0 Å². The zero-order chi connectivity index (χ0) is 53.4. The molecule has 17 heteroatoms. The molecule has 0 aromatic rings. The van der Waals surface area contributed by atoms with E-state index in [1.165, 1.54) is 16.9 Å². The lowest BCUT2D eigenvalue weighted by molar-refractivity contribution is -0.266. The molecule has 2 bridgehead atoms. The highest BCUT2D eigenvalue weighted by Gasteiger charge is 2.53. The normalized spacial score (nSPS) is 38.5. The van der Waals surface area contributed by atoms with Gasteiger partial charge in [0.05, 0.1) is 37.1 Å². The fraction of sp³-hybridized carbons (Fsp3) is 0.764. The van der Waals surface area contributed by atoms with E-state index >= 15 is 0 Å². The van der Waals surface area contributed by atoms with E-state index in [9.17, 15) is 44.4 Å². The van der Waals surface area contributed by atoms with Gasteiger partial charge in [0.15, 0.2) is 5.78 Å². The van der Waals surface area contributed by atoms with Crippen LogP contribution in [0, 0.1) is 35.5 Å². The topological polar surface area (TPSA) is 228 Å². The minimum atomic E-state index is -2.51. The number of cyclic esters (lactones) is 1. The van der Waals surface area contributed by atoms with Gasteiger partial charge in [-0.1, -0.05) is 71.1 Å². The molecule has 3 fully saturated rings. The molecule has 1 aliphatic carbocycles. The number of ketones is 2. The Hall–Kier alpha value is -3.81. The number of hydrogen-bond acceptors (Lipinski definition) is 15. The molecule has 4 aliphatic rings. The average molecular weight is 1020 g/mol. The summed E-state index contributed by atoms with van der Waals surface area (Å²) in [5.74, 6) is -7.74.